The number of morpholine rings is 1. The molecule has 2 aliphatic rings. The molecule has 0 unspecified atom stereocenters. The van der Waals surface area contributed by atoms with E-state index < -0.39 is 17.6 Å². The number of hydrogen-bond donors (Lipinski definition) is 3. The highest BCUT2D eigenvalue weighted by Gasteiger charge is 2.30. The van der Waals surface area contributed by atoms with Crippen molar-refractivity contribution < 1.29 is 33.0 Å². The quantitative estimate of drug-likeness (QED) is 0.187. The Kier molecular flexibility index (Phi) is 8.12. The van der Waals surface area contributed by atoms with Gasteiger partial charge in [-0.05, 0) is 68.5 Å². The lowest BCUT2D eigenvalue weighted by molar-refractivity contribution is 0.0303. The fourth-order valence-electron chi connectivity index (χ4n) is 6.19. The number of urea groups is 1. The van der Waals surface area contributed by atoms with Gasteiger partial charge in [0.1, 0.15) is 11.5 Å². The van der Waals surface area contributed by atoms with Crippen molar-refractivity contribution in [1.82, 2.24) is 19.7 Å². The van der Waals surface area contributed by atoms with Crippen LogP contribution in [0.5, 0.6) is 11.5 Å². The van der Waals surface area contributed by atoms with E-state index in [1.54, 1.807) is 58.1 Å². The molecule has 3 N–H and O–H groups in total. The number of benzene rings is 3. The molecule has 12 nitrogen and oxygen atoms in total. The van der Waals surface area contributed by atoms with E-state index in [9.17, 15) is 14.4 Å². The first-order valence-electron chi connectivity index (χ1n) is 15.6. The number of aromatic amines is 1. The minimum absolute atomic E-state index is 0.0351. The maximum absolute atomic E-state index is 15.3. The summed E-state index contributed by atoms with van der Waals surface area (Å²) in [5, 5.41) is 10.5. The molecule has 2 aromatic heterocycles. The maximum Gasteiger partial charge on any atom is 0.323 e. The number of hydrogen-bond acceptors (Lipinski definition) is 7. The maximum atomic E-state index is 15.3. The van der Waals surface area contributed by atoms with Gasteiger partial charge in [0.05, 0.1) is 42.8 Å². The summed E-state index contributed by atoms with van der Waals surface area (Å²) in [6, 6.07) is 13.9. The first-order valence-corrected chi connectivity index (χ1v) is 15.6. The van der Waals surface area contributed by atoms with Gasteiger partial charge in [-0.1, -0.05) is 0 Å². The van der Waals surface area contributed by atoms with Gasteiger partial charge in [-0.2, -0.15) is 5.10 Å². The number of ketones is 1. The molecule has 49 heavy (non-hydrogen) atoms. The zero-order valence-electron chi connectivity index (χ0n) is 27.3. The highest BCUT2D eigenvalue weighted by atomic mass is 19.1. The van der Waals surface area contributed by atoms with E-state index in [1.165, 1.54) is 19.2 Å². The van der Waals surface area contributed by atoms with Gasteiger partial charge in [0.15, 0.2) is 11.6 Å². The van der Waals surface area contributed by atoms with Crippen molar-refractivity contribution in [2.75, 3.05) is 44.0 Å². The molecule has 0 saturated carbocycles. The Hall–Kier alpha value is -5.95. The molecule has 0 bridgehead atoms. The summed E-state index contributed by atoms with van der Waals surface area (Å²) in [5.41, 5.74) is 5.38. The lowest BCUT2D eigenvalue weighted by Gasteiger charge is -2.26. The summed E-state index contributed by atoms with van der Waals surface area (Å²) in [4.78, 5) is 44.2. The van der Waals surface area contributed by atoms with Gasteiger partial charge in [-0.3, -0.25) is 14.3 Å². The predicted octanol–water partition coefficient (Wildman–Crippen LogP) is 6.07. The number of allylic oxidation sites excluding steroid dienone is 1. The molecule has 7 rings (SSSR count). The van der Waals surface area contributed by atoms with Crippen LogP contribution in [-0.4, -0.2) is 70.8 Å². The monoisotopic (exact) mass is 664 g/mol. The van der Waals surface area contributed by atoms with Crippen molar-refractivity contribution in [3.05, 3.63) is 94.3 Å². The molecule has 1 fully saturated rings. The number of nitrogens with zero attached hydrogens (tertiary/aromatic N) is 3. The summed E-state index contributed by atoms with van der Waals surface area (Å²) < 4.78 is 33.6. The number of aryl methyl sites for hydroxylation is 2. The SMILES string of the molecule is COc1cc(F)c2[nH]c(-c3c(C)nn(C)c3C)c(C=C3Oc4ccc(NC(=O)Nc5ccc(C(=O)N6CCOCC6)cc5)cc4C3=O)c2c1. The van der Waals surface area contributed by atoms with E-state index in [0.717, 1.165) is 17.0 Å². The van der Waals surface area contributed by atoms with Gasteiger partial charge in [0, 0.05) is 65.3 Å². The number of anilines is 2. The normalized spacial score (nSPS) is 15.0. The first-order chi connectivity index (χ1) is 23.6. The average Bonchev–Trinajstić information content (AvgIpc) is 3.70. The Labute approximate surface area is 280 Å². The number of ether oxygens (including phenoxy) is 3. The largest absolute Gasteiger partial charge is 0.497 e. The summed E-state index contributed by atoms with van der Waals surface area (Å²) in [6.45, 7) is 5.87. The van der Waals surface area contributed by atoms with Crippen LogP contribution in [-0.2, 0) is 11.8 Å². The van der Waals surface area contributed by atoms with Crippen molar-refractivity contribution in [3.63, 3.8) is 0 Å². The van der Waals surface area contributed by atoms with Gasteiger partial charge >= 0.3 is 6.03 Å². The Morgan fingerprint density at radius 2 is 1.73 bits per heavy atom. The molecule has 3 amide bonds. The molecule has 5 aromatic rings. The van der Waals surface area contributed by atoms with Gasteiger partial charge in [0.25, 0.3) is 5.91 Å². The van der Waals surface area contributed by atoms with Crippen LogP contribution in [0.15, 0.2) is 60.4 Å². The Balaban J connectivity index is 1.12. The summed E-state index contributed by atoms with van der Waals surface area (Å²) >= 11 is 0. The first kappa shape index (κ1) is 31.6. The van der Waals surface area contributed by atoms with Crippen LogP contribution in [0.25, 0.3) is 28.2 Å². The molecule has 1 saturated heterocycles. The van der Waals surface area contributed by atoms with E-state index >= 15 is 4.39 Å². The molecule has 0 atom stereocenters. The van der Waals surface area contributed by atoms with Gasteiger partial charge < -0.3 is 34.7 Å². The number of carbonyl (C=O) groups is 3. The topological polar surface area (TPSA) is 140 Å². The molecule has 2 aliphatic heterocycles. The molecule has 3 aromatic carbocycles. The molecular weight excluding hydrogens is 631 g/mol. The molecular formula is C36H33FN6O6. The summed E-state index contributed by atoms with van der Waals surface area (Å²) in [7, 11) is 3.29. The number of H-pyrrole nitrogens is 1. The number of amides is 3. The number of aromatic nitrogens is 3. The zero-order valence-corrected chi connectivity index (χ0v) is 27.3. The number of rotatable bonds is 6. The second kappa shape index (κ2) is 12.6. The number of carbonyl (C=O) groups excluding carboxylic acids is 3. The van der Waals surface area contributed by atoms with E-state index in [1.807, 2.05) is 20.9 Å². The molecule has 0 spiro atoms. The van der Waals surface area contributed by atoms with Crippen LogP contribution in [0.1, 0.15) is 37.7 Å². The van der Waals surface area contributed by atoms with Crippen LogP contribution in [0.4, 0.5) is 20.6 Å². The molecule has 250 valence electrons. The number of Topliss-reactive ketones (excluding diaryl/α,β-unsaturated/α-hetero) is 1. The van der Waals surface area contributed by atoms with Crippen molar-refractivity contribution in [2.24, 2.45) is 7.05 Å². The van der Waals surface area contributed by atoms with Crippen molar-refractivity contribution in [2.45, 2.75) is 13.8 Å². The van der Waals surface area contributed by atoms with Crippen LogP contribution in [0.2, 0.25) is 0 Å². The van der Waals surface area contributed by atoms with Crippen molar-refractivity contribution in [3.8, 4) is 22.8 Å². The highest BCUT2D eigenvalue weighted by Crippen LogP contribution is 2.40. The molecule has 0 aliphatic carbocycles. The third-order valence-electron chi connectivity index (χ3n) is 8.76. The zero-order chi connectivity index (χ0) is 34.4. The lowest BCUT2D eigenvalue weighted by Crippen LogP contribution is -2.40. The fourth-order valence-corrected chi connectivity index (χ4v) is 6.19. The number of methoxy groups -OCH3 is 1. The molecule has 13 heteroatoms. The van der Waals surface area contributed by atoms with Crippen LogP contribution < -0.4 is 20.1 Å². The smallest absolute Gasteiger partial charge is 0.323 e. The van der Waals surface area contributed by atoms with E-state index in [2.05, 4.69) is 20.7 Å². The Morgan fingerprint density at radius 3 is 2.43 bits per heavy atom. The van der Waals surface area contributed by atoms with Crippen LogP contribution in [0, 0.1) is 19.7 Å². The van der Waals surface area contributed by atoms with Crippen molar-refractivity contribution in [1.29, 1.82) is 0 Å². The Morgan fingerprint density at radius 1 is 1.02 bits per heavy atom. The minimum atomic E-state index is -0.532. The number of halogens is 1. The second-order valence-electron chi connectivity index (χ2n) is 11.8. The van der Waals surface area contributed by atoms with Crippen LogP contribution in [0.3, 0.4) is 0 Å². The fraction of sp³-hybridized carbons (Fsp3) is 0.222. The van der Waals surface area contributed by atoms with E-state index in [4.69, 9.17) is 14.2 Å². The predicted molar refractivity (Wildman–Crippen MR) is 182 cm³/mol. The van der Waals surface area contributed by atoms with Crippen molar-refractivity contribution >= 4 is 46.1 Å². The highest BCUT2D eigenvalue weighted by molar-refractivity contribution is 6.16. The van der Waals surface area contributed by atoms with Crippen LogP contribution >= 0.6 is 0 Å². The minimum Gasteiger partial charge on any atom is -0.497 e. The summed E-state index contributed by atoms with van der Waals surface area (Å²) in [5.74, 6) is -0.318. The van der Waals surface area contributed by atoms with E-state index in [-0.39, 0.29) is 22.7 Å². The van der Waals surface area contributed by atoms with Gasteiger partial charge in [-0.15, -0.1) is 0 Å². The summed E-state index contributed by atoms with van der Waals surface area (Å²) in [6.07, 6.45) is 1.59. The van der Waals surface area contributed by atoms with E-state index in [0.29, 0.717) is 71.4 Å². The third kappa shape index (κ3) is 5.89. The van der Waals surface area contributed by atoms with Gasteiger partial charge in [0.2, 0.25) is 5.78 Å². The second-order valence-corrected chi connectivity index (χ2v) is 11.8. The standard InChI is InChI=1S/C36H33FN6O6/c1-19-31(20(2)42(3)41-19)33-26(25-16-24(47-4)17-28(37)32(25)40-33)18-30-34(44)27-15-23(9-10-29(27)49-30)39-36(46)38-22-7-5-21(6-8-22)35(45)43-11-13-48-14-12-43/h5-10,15-18,40H,11-14H2,1-4H3,(H2,38,39,46). The molecule has 0 radical (unpaired) electrons. The molecule has 4 heterocycles. The average molecular weight is 665 g/mol. The van der Waals surface area contributed by atoms with Gasteiger partial charge in [-0.25, -0.2) is 9.18 Å². The number of fused-ring (bicyclic) bond motifs is 2. The Bertz CT molecular complexity index is 2180. The lowest BCUT2D eigenvalue weighted by atomic mass is 10.0. The number of nitrogens with one attached hydrogen (secondary N) is 3. The third-order valence-corrected chi connectivity index (χ3v) is 8.76.